The highest BCUT2D eigenvalue weighted by Gasteiger charge is 2.26. The minimum Gasteiger partial charge on any atom is -0.493 e. The third-order valence-electron chi connectivity index (χ3n) is 5.67. The van der Waals surface area contributed by atoms with Gasteiger partial charge in [0.25, 0.3) is 11.8 Å². The molecule has 1 aliphatic rings. The van der Waals surface area contributed by atoms with Crippen LogP contribution < -0.4 is 24.4 Å². The number of methoxy groups -OCH3 is 3. The molecule has 2 aromatic carbocycles. The van der Waals surface area contributed by atoms with E-state index in [0.717, 1.165) is 5.69 Å². The second-order valence-corrected chi connectivity index (χ2v) is 7.90. The van der Waals surface area contributed by atoms with E-state index in [1.54, 1.807) is 17.0 Å². The van der Waals surface area contributed by atoms with Crippen molar-refractivity contribution in [2.24, 2.45) is 0 Å². The second kappa shape index (κ2) is 10.3. The van der Waals surface area contributed by atoms with Gasteiger partial charge in [0.2, 0.25) is 5.75 Å². The van der Waals surface area contributed by atoms with Crippen LogP contribution in [0.2, 0.25) is 0 Å². The van der Waals surface area contributed by atoms with Gasteiger partial charge in [-0.2, -0.15) is 0 Å². The van der Waals surface area contributed by atoms with Crippen LogP contribution in [-0.2, 0) is 0 Å². The van der Waals surface area contributed by atoms with Crippen molar-refractivity contribution in [3.63, 3.8) is 0 Å². The van der Waals surface area contributed by atoms with Crippen molar-refractivity contribution in [2.45, 2.75) is 18.9 Å². The van der Waals surface area contributed by atoms with E-state index in [-0.39, 0.29) is 17.9 Å². The number of rotatable bonds is 7. The number of nitrogens with zero attached hydrogens (tertiary/aromatic N) is 2. The van der Waals surface area contributed by atoms with Crippen LogP contribution in [0.3, 0.4) is 0 Å². The molecule has 0 radical (unpaired) electrons. The van der Waals surface area contributed by atoms with Gasteiger partial charge >= 0.3 is 0 Å². The summed E-state index contributed by atoms with van der Waals surface area (Å²) >= 11 is 0. The molecule has 0 saturated carbocycles. The average molecular weight is 442 g/mol. The van der Waals surface area contributed by atoms with Gasteiger partial charge in [0.1, 0.15) is 0 Å². The quantitative estimate of drug-likeness (QED) is 0.712. The predicted molar refractivity (Wildman–Crippen MR) is 123 cm³/mol. The third kappa shape index (κ3) is 5.07. The van der Waals surface area contributed by atoms with Crippen molar-refractivity contribution in [2.75, 3.05) is 53.4 Å². The Morgan fingerprint density at radius 1 is 0.906 bits per heavy atom. The van der Waals surface area contributed by atoms with Crippen LogP contribution in [-0.4, -0.2) is 71.3 Å². The van der Waals surface area contributed by atoms with E-state index in [0.29, 0.717) is 54.3 Å². The summed E-state index contributed by atoms with van der Waals surface area (Å²) in [6, 6.07) is 10.9. The lowest BCUT2D eigenvalue weighted by Crippen LogP contribution is -2.46. The molecule has 0 atom stereocenters. The number of anilines is 1. The Morgan fingerprint density at radius 2 is 1.47 bits per heavy atom. The van der Waals surface area contributed by atoms with Crippen molar-refractivity contribution in [1.82, 2.24) is 10.2 Å². The van der Waals surface area contributed by atoms with Crippen molar-refractivity contribution in [3.05, 3.63) is 47.5 Å². The van der Waals surface area contributed by atoms with Gasteiger partial charge in [0, 0.05) is 50.0 Å². The van der Waals surface area contributed by atoms with Gasteiger partial charge in [-0.25, -0.2) is 0 Å². The number of carbonyl (C=O) groups is 2. The summed E-state index contributed by atoms with van der Waals surface area (Å²) in [4.78, 5) is 29.4. The Balaban J connectivity index is 1.60. The molecule has 2 aromatic rings. The number of hydrogen-bond donors (Lipinski definition) is 1. The largest absolute Gasteiger partial charge is 0.493 e. The lowest BCUT2D eigenvalue weighted by Gasteiger charge is -2.32. The van der Waals surface area contributed by atoms with Crippen LogP contribution in [0, 0.1) is 0 Å². The zero-order valence-corrected chi connectivity index (χ0v) is 19.3. The zero-order chi connectivity index (χ0) is 23.3. The molecule has 1 saturated heterocycles. The zero-order valence-electron chi connectivity index (χ0n) is 19.3. The Kier molecular flexibility index (Phi) is 7.45. The summed E-state index contributed by atoms with van der Waals surface area (Å²) < 4.78 is 16.0. The molecule has 0 aliphatic carbocycles. The highest BCUT2D eigenvalue weighted by Crippen LogP contribution is 2.38. The molecular weight excluding hydrogens is 410 g/mol. The summed E-state index contributed by atoms with van der Waals surface area (Å²) in [5.41, 5.74) is 2.15. The van der Waals surface area contributed by atoms with Gasteiger partial charge < -0.3 is 29.3 Å². The fraction of sp³-hybridized carbons (Fsp3) is 0.417. The molecule has 2 amide bonds. The molecule has 8 heteroatoms. The summed E-state index contributed by atoms with van der Waals surface area (Å²) in [6.07, 6.45) is 1.38. The molecule has 1 heterocycles. The number of likely N-dealkylation sites (tertiary alicyclic amines) is 1. The monoisotopic (exact) mass is 441 g/mol. The Labute approximate surface area is 189 Å². The number of nitrogens with one attached hydrogen (secondary N) is 1. The fourth-order valence-electron chi connectivity index (χ4n) is 3.79. The first-order valence-electron chi connectivity index (χ1n) is 10.6. The lowest BCUT2D eigenvalue weighted by atomic mass is 10.0. The van der Waals surface area contributed by atoms with E-state index in [9.17, 15) is 9.59 Å². The van der Waals surface area contributed by atoms with Crippen LogP contribution in [0.15, 0.2) is 36.4 Å². The molecule has 8 nitrogen and oxygen atoms in total. The Hall–Kier alpha value is -3.42. The highest BCUT2D eigenvalue weighted by atomic mass is 16.5. The fourth-order valence-corrected chi connectivity index (χ4v) is 3.79. The first kappa shape index (κ1) is 23.2. The van der Waals surface area contributed by atoms with E-state index in [1.165, 1.54) is 21.3 Å². The van der Waals surface area contributed by atoms with E-state index >= 15 is 0 Å². The molecule has 0 spiro atoms. The molecule has 3 rings (SSSR count). The van der Waals surface area contributed by atoms with Crippen molar-refractivity contribution in [3.8, 4) is 17.2 Å². The maximum absolute atomic E-state index is 13.1. The molecule has 0 unspecified atom stereocenters. The molecule has 32 heavy (non-hydrogen) atoms. The van der Waals surface area contributed by atoms with Crippen LogP contribution in [0.4, 0.5) is 5.69 Å². The highest BCUT2D eigenvalue weighted by molar-refractivity contribution is 5.96. The summed E-state index contributed by atoms with van der Waals surface area (Å²) in [5, 5.41) is 3.09. The standard InChI is InChI=1S/C24H31N3O5/c1-26(2)19-8-6-16(7-9-19)23(28)25-18-10-12-27(13-11-18)24(29)17-14-20(30-3)22(32-5)21(15-17)31-4/h6-9,14-15,18H,10-13H2,1-5H3,(H,25,28). The van der Waals surface area contributed by atoms with E-state index in [1.807, 2.05) is 43.3 Å². The molecule has 1 fully saturated rings. The molecule has 0 bridgehead atoms. The Bertz CT molecular complexity index is 926. The molecule has 1 N–H and O–H groups in total. The normalized spacial score (nSPS) is 14.0. The predicted octanol–water partition coefficient (Wildman–Crippen LogP) is 2.81. The molecule has 1 aliphatic heterocycles. The van der Waals surface area contributed by atoms with Gasteiger partial charge in [0.05, 0.1) is 21.3 Å². The summed E-state index contributed by atoms with van der Waals surface area (Å²) in [7, 11) is 8.49. The molecule has 172 valence electrons. The lowest BCUT2D eigenvalue weighted by molar-refractivity contribution is 0.0697. The van der Waals surface area contributed by atoms with Gasteiger partial charge in [-0.15, -0.1) is 0 Å². The third-order valence-corrected chi connectivity index (χ3v) is 5.67. The number of amides is 2. The minimum absolute atomic E-state index is 0.0278. The topological polar surface area (TPSA) is 80.3 Å². The second-order valence-electron chi connectivity index (χ2n) is 7.90. The van der Waals surface area contributed by atoms with Crippen LogP contribution in [0.25, 0.3) is 0 Å². The summed E-state index contributed by atoms with van der Waals surface area (Å²) in [5.74, 6) is 1.14. The van der Waals surface area contributed by atoms with Crippen LogP contribution in [0.5, 0.6) is 17.2 Å². The number of hydrogen-bond acceptors (Lipinski definition) is 6. The van der Waals surface area contributed by atoms with Gasteiger partial charge in [0.15, 0.2) is 11.5 Å². The number of ether oxygens (including phenoxy) is 3. The molecular formula is C24H31N3O5. The SMILES string of the molecule is COc1cc(C(=O)N2CCC(NC(=O)c3ccc(N(C)C)cc3)CC2)cc(OC)c1OC. The van der Waals surface area contributed by atoms with Gasteiger partial charge in [-0.3, -0.25) is 9.59 Å². The van der Waals surface area contributed by atoms with E-state index in [4.69, 9.17) is 14.2 Å². The van der Waals surface area contributed by atoms with Gasteiger partial charge in [-0.1, -0.05) is 0 Å². The Morgan fingerprint density at radius 3 is 1.94 bits per heavy atom. The molecule has 0 aromatic heterocycles. The van der Waals surface area contributed by atoms with Crippen LogP contribution in [0.1, 0.15) is 33.6 Å². The minimum atomic E-state index is -0.103. The van der Waals surface area contributed by atoms with E-state index < -0.39 is 0 Å². The van der Waals surface area contributed by atoms with Gasteiger partial charge in [-0.05, 0) is 49.2 Å². The van der Waals surface area contributed by atoms with Crippen molar-refractivity contribution >= 4 is 17.5 Å². The van der Waals surface area contributed by atoms with Crippen molar-refractivity contribution in [1.29, 1.82) is 0 Å². The first-order chi connectivity index (χ1) is 15.4. The first-order valence-corrected chi connectivity index (χ1v) is 10.6. The average Bonchev–Trinajstić information content (AvgIpc) is 2.83. The smallest absolute Gasteiger partial charge is 0.254 e. The maximum Gasteiger partial charge on any atom is 0.254 e. The number of benzene rings is 2. The van der Waals surface area contributed by atoms with Crippen LogP contribution >= 0.6 is 0 Å². The number of carbonyl (C=O) groups excluding carboxylic acids is 2. The maximum atomic E-state index is 13.1. The number of piperidine rings is 1. The summed E-state index contributed by atoms with van der Waals surface area (Å²) in [6.45, 7) is 1.11. The van der Waals surface area contributed by atoms with E-state index in [2.05, 4.69) is 5.32 Å². The van der Waals surface area contributed by atoms with Crippen molar-refractivity contribution < 1.29 is 23.8 Å².